The number of likely N-dealkylation sites (tertiary alicyclic amines) is 1. The maximum Gasteiger partial charge on any atom is 0.124 e. The van der Waals surface area contributed by atoms with Gasteiger partial charge in [0.25, 0.3) is 0 Å². The summed E-state index contributed by atoms with van der Waals surface area (Å²) < 4.78 is 5.72. The highest BCUT2D eigenvalue weighted by molar-refractivity contribution is 5.55. The molecule has 1 heterocycles. The van der Waals surface area contributed by atoms with E-state index >= 15 is 0 Å². The summed E-state index contributed by atoms with van der Waals surface area (Å²) in [5.41, 5.74) is 1.04. The Morgan fingerprint density at radius 2 is 1.84 bits per heavy atom. The van der Waals surface area contributed by atoms with Crippen molar-refractivity contribution in [3.05, 3.63) is 29.8 Å². The molecule has 0 atom stereocenters. The van der Waals surface area contributed by atoms with Crippen molar-refractivity contribution < 1.29 is 9.53 Å². The van der Waals surface area contributed by atoms with E-state index in [-0.39, 0.29) is 0 Å². The molecule has 3 heteroatoms. The van der Waals surface area contributed by atoms with Crippen molar-refractivity contribution in [2.75, 3.05) is 26.2 Å². The first kappa shape index (κ1) is 14.1. The molecule has 0 amide bonds. The summed E-state index contributed by atoms with van der Waals surface area (Å²) in [7, 11) is 0. The summed E-state index contributed by atoms with van der Waals surface area (Å²) >= 11 is 0. The summed E-state index contributed by atoms with van der Waals surface area (Å²) in [6.45, 7) is 4.41. The number of benzene rings is 1. The topological polar surface area (TPSA) is 29.5 Å². The molecule has 104 valence electrons. The van der Waals surface area contributed by atoms with Crippen molar-refractivity contribution in [1.82, 2.24) is 4.90 Å². The van der Waals surface area contributed by atoms with Gasteiger partial charge < -0.3 is 14.4 Å². The third-order valence-electron chi connectivity index (χ3n) is 3.58. The Hall–Kier alpha value is -1.35. The van der Waals surface area contributed by atoms with E-state index in [0.717, 1.165) is 37.2 Å². The molecule has 1 aromatic rings. The van der Waals surface area contributed by atoms with Gasteiger partial charge in [0.2, 0.25) is 0 Å². The second-order valence-electron chi connectivity index (χ2n) is 5.12. The maximum atomic E-state index is 10.4. The number of piperidine rings is 1. The van der Waals surface area contributed by atoms with Crippen LogP contribution in [0.4, 0.5) is 0 Å². The highest BCUT2D eigenvalue weighted by Crippen LogP contribution is 2.13. The maximum absolute atomic E-state index is 10.4. The Morgan fingerprint density at radius 1 is 1.11 bits per heavy atom. The van der Waals surface area contributed by atoms with Crippen molar-refractivity contribution in [3.63, 3.8) is 0 Å². The highest BCUT2D eigenvalue weighted by Gasteiger charge is 2.08. The summed E-state index contributed by atoms with van der Waals surface area (Å²) in [6.07, 6.45) is 6.57. The van der Waals surface area contributed by atoms with Gasteiger partial charge in [-0.1, -0.05) is 18.6 Å². The van der Waals surface area contributed by atoms with Gasteiger partial charge in [-0.05, 0) is 50.0 Å². The van der Waals surface area contributed by atoms with Crippen LogP contribution in [0.2, 0.25) is 0 Å². The molecule has 2 rings (SSSR count). The average Bonchev–Trinajstić information content (AvgIpc) is 2.47. The van der Waals surface area contributed by atoms with Gasteiger partial charge in [0.05, 0.1) is 6.61 Å². The van der Waals surface area contributed by atoms with E-state index in [0.29, 0.717) is 6.42 Å². The number of ether oxygens (including phenoxy) is 1. The predicted molar refractivity (Wildman–Crippen MR) is 76.6 cm³/mol. The average molecular weight is 261 g/mol. The largest absolute Gasteiger partial charge is 0.494 e. The minimum Gasteiger partial charge on any atom is -0.494 e. The van der Waals surface area contributed by atoms with Crippen molar-refractivity contribution in [2.24, 2.45) is 0 Å². The zero-order valence-electron chi connectivity index (χ0n) is 11.5. The summed E-state index contributed by atoms with van der Waals surface area (Å²) in [6, 6.07) is 7.79. The zero-order chi connectivity index (χ0) is 13.3. The van der Waals surface area contributed by atoms with E-state index in [1.54, 1.807) is 0 Å². The Labute approximate surface area is 115 Å². The van der Waals surface area contributed by atoms with E-state index in [9.17, 15) is 4.79 Å². The molecule has 0 radical (unpaired) electrons. The van der Waals surface area contributed by atoms with Crippen LogP contribution >= 0.6 is 0 Å². The Bertz CT molecular complexity index is 369. The number of carbonyl (C=O) groups is 1. The first-order valence-corrected chi connectivity index (χ1v) is 7.26. The SMILES string of the molecule is O=CCc1ccc(OCCCN2CCCCC2)cc1. The number of hydrogen-bond donors (Lipinski definition) is 0. The van der Waals surface area contributed by atoms with E-state index < -0.39 is 0 Å². The number of aldehydes is 1. The van der Waals surface area contributed by atoms with Crippen LogP contribution in [0.25, 0.3) is 0 Å². The molecule has 0 bridgehead atoms. The van der Waals surface area contributed by atoms with E-state index in [2.05, 4.69) is 4.90 Å². The minimum atomic E-state index is 0.481. The van der Waals surface area contributed by atoms with E-state index in [1.165, 1.54) is 32.4 Å². The number of nitrogens with zero attached hydrogens (tertiary/aromatic N) is 1. The third-order valence-corrected chi connectivity index (χ3v) is 3.58. The molecule has 1 aliphatic rings. The summed E-state index contributed by atoms with van der Waals surface area (Å²) in [5, 5.41) is 0. The lowest BCUT2D eigenvalue weighted by molar-refractivity contribution is -0.107. The van der Waals surface area contributed by atoms with Gasteiger partial charge in [-0.3, -0.25) is 0 Å². The zero-order valence-corrected chi connectivity index (χ0v) is 11.5. The molecule has 0 saturated carbocycles. The van der Waals surface area contributed by atoms with Crippen molar-refractivity contribution in [2.45, 2.75) is 32.1 Å². The monoisotopic (exact) mass is 261 g/mol. The second-order valence-corrected chi connectivity index (χ2v) is 5.12. The van der Waals surface area contributed by atoms with E-state index in [4.69, 9.17) is 4.74 Å². The van der Waals surface area contributed by atoms with Gasteiger partial charge in [-0.25, -0.2) is 0 Å². The van der Waals surface area contributed by atoms with Crippen molar-refractivity contribution in [3.8, 4) is 5.75 Å². The molecule has 19 heavy (non-hydrogen) atoms. The molecular weight excluding hydrogens is 238 g/mol. The molecule has 1 saturated heterocycles. The first-order chi connectivity index (χ1) is 9.38. The van der Waals surface area contributed by atoms with Crippen LogP contribution in [-0.2, 0) is 11.2 Å². The second kappa shape index (κ2) is 7.95. The fourth-order valence-corrected chi connectivity index (χ4v) is 2.48. The van der Waals surface area contributed by atoms with Crippen LogP contribution in [0.15, 0.2) is 24.3 Å². The van der Waals surface area contributed by atoms with Gasteiger partial charge in [0.15, 0.2) is 0 Å². The summed E-state index contributed by atoms with van der Waals surface area (Å²) in [5.74, 6) is 0.897. The Morgan fingerprint density at radius 3 is 2.53 bits per heavy atom. The molecule has 3 nitrogen and oxygen atoms in total. The quantitative estimate of drug-likeness (QED) is 0.558. The third kappa shape index (κ3) is 5.03. The molecular formula is C16H23NO2. The lowest BCUT2D eigenvalue weighted by Gasteiger charge is -2.26. The lowest BCUT2D eigenvalue weighted by atomic mass is 10.1. The van der Waals surface area contributed by atoms with Crippen LogP contribution in [0.1, 0.15) is 31.2 Å². The van der Waals surface area contributed by atoms with Crippen molar-refractivity contribution >= 4 is 6.29 Å². The van der Waals surface area contributed by atoms with Gasteiger partial charge in [-0.2, -0.15) is 0 Å². The Balaban J connectivity index is 1.63. The molecule has 0 aliphatic carbocycles. The van der Waals surface area contributed by atoms with Gasteiger partial charge in [0, 0.05) is 13.0 Å². The van der Waals surface area contributed by atoms with Gasteiger partial charge in [0.1, 0.15) is 12.0 Å². The number of hydrogen-bond acceptors (Lipinski definition) is 3. The van der Waals surface area contributed by atoms with Crippen LogP contribution in [-0.4, -0.2) is 37.4 Å². The molecule has 0 unspecified atom stereocenters. The summed E-state index contributed by atoms with van der Waals surface area (Å²) in [4.78, 5) is 12.9. The van der Waals surface area contributed by atoms with Gasteiger partial charge >= 0.3 is 0 Å². The molecule has 0 N–H and O–H groups in total. The van der Waals surface area contributed by atoms with Crippen molar-refractivity contribution in [1.29, 1.82) is 0 Å². The smallest absolute Gasteiger partial charge is 0.124 e. The van der Waals surface area contributed by atoms with Crippen LogP contribution in [0.5, 0.6) is 5.75 Å². The molecule has 0 aromatic heterocycles. The fraction of sp³-hybridized carbons (Fsp3) is 0.562. The van der Waals surface area contributed by atoms with Crippen LogP contribution in [0, 0.1) is 0 Å². The fourth-order valence-electron chi connectivity index (χ4n) is 2.48. The van der Waals surface area contributed by atoms with E-state index in [1.807, 2.05) is 24.3 Å². The minimum absolute atomic E-state index is 0.481. The number of carbonyl (C=O) groups excluding carboxylic acids is 1. The Kier molecular flexibility index (Phi) is 5.89. The first-order valence-electron chi connectivity index (χ1n) is 7.26. The highest BCUT2D eigenvalue weighted by atomic mass is 16.5. The molecule has 1 fully saturated rings. The van der Waals surface area contributed by atoms with Crippen LogP contribution in [0.3, 0.4) is 0 Å². The predicted octanol–water partition coefficient (Wildman–Crippen LogP) is 2.68. The molecule has 0 spiro atoms. The molecule has 1 aromatic carbocycles. The normalized spacial score (nSPS) is 16.2. The van der Waals surface area contributed by atoms with Gasteiger partial charge in [-0.15, -0.1) is 0 Å². The number of rotatable bonds is 7. The lowest BCUT2D eigenvalue weighted by Crippen LogP contribution is -2.31. The van der Waals surface area contributed by atoms with Crippen LogP contribution < -0.4 is 4.74 Å². The molecule has 1 aliphatic heterocycles. The standard InChI is InChI=1S/C16H23NO2/c18-13-9-15-5-7-16(8-6-15)19-14-4-12-17-10-2-1-3-11-17/h5-8,13H,1-4,9-12,14H2.